The van der Waals surface area contributed by atoms with Gasteiger partial charge in [0.25, 0.3) is 5.91 Å². The molecule has 2 aromatic carbocycles. The lowest BCUT2D eigenvalue weighted by molar-refractivity contribution is -0.112. The van der Waals surface area contributed by atoms with E-state index in [4.69, 9.17) is 25.8 Å². The van der Waals surface area contributed by atoms with Gasteiger partial charge in [0.15, 0.2) is 11.5 Å². The molecule has 1 heterocycles. The van der Waals surface area contributed by atoms with E-state index in [0.717, 1.165) is 0 Å². The Morgan fingerprint density at radius 3 is 2.79 bits per heavy atom. The summed E-state index contributed by atoms with van der Waals surface area (Å²) in [6.07, 6.45) is 4.60. The molecule has 7 heteroatoms. The highest BCUT2D eigenvalue weighted by molar-refractivity contribution is 6.31. The van der Waals surface area contributed by atoms with Crippen molar-refractivity contribution in [1.29, 1.82) is 0 Å². The van der Waals surface area contributed by atoms with Crippen LogP contribution in [0.4, 0.5) is 5.69 Å². The number of esters is 1. The van der Waals surface area contributed by atoms with Gasteiger partial charge < -0.3 is 19.5 Å². The number of halogens is 1. The van der Waals surface area contributed by atoms with E-state index in [1.54, 1.807) is 49.4 Å². The molecule has 1 aliphatic rings. The summed E-state index contributed by atoms with van der Waals surface area (Å²) in [5.74, 6) is 0.117. The fourth-order valence-electron chi connectivity index (χ4n) is 2.65. The Bertz CT molecular complexity index is 981. The van der Waals surface area contributed by atoms with E-state index < -0.39 is 5.97 Å². The van der Waals surface area contributed by atoms with Gasteiger partial charge in [-0.2, -0.15) is 0 Å². The summed E-state index contributed by atoms with van der Waals surface area (Å²) in [6.45, 7) is 2.01. The number of carbonyl (C=O) groups is 2. The second-order valence-electron chi connectivity index (χ2n) is 5.80. The third kappa shape index (κ3) is 4.35. The normalized spacial score (nSPS) is 12.2. The second kappa shape index (κ2) is 8.63. The molecule has 2 aromatic rings. The predicted molar refractivity (Wildman–Crippen MR) is 107 cm³/mol. The number of methoxy groups -OCH3 is 1. The molecule has 0 atom stereocenters. The summed E-state index contributed by atoms with van der Waals surface area (Å²) >= 11 is 6.11. The Balaban J connectivity index is 1.86. The smallest absolute Gasteiger partial charge is 0.338 e. The number of carbonyl (C=O) groups excluding carboxylic acids is 2. The predicted octanol–water partition coefficient (Wildman–Crippen LogP) is 4.45. The van der Waals surface area contributed by atoms with E-state index in [-0.39, 0.29) is 12.5 Å². The lowest BCUT2D eigenvalue weighted by Crippen LogP contribution is -2.14. The van der Waals surface area contributed by atoms with Crippen LogP contribution in [0.15, 0.2) is 54.3 Å². The van der Waals surface area contributed by atoms with Crippen LogP contribution in [0.1, 0.15) is 22.8 Å². The highest BCUT2D eigenvalue weighted by Gasteiger charge is 2.17. The Hall–Kier alpha value is -3.25. The summed E-state index contributed by atoms with van der Waals surface area (Å²) in [7, 11) is 1.51. The van der Waals surface area contributed by atoms with Gasteiger partial charge in [0.05, 0.1) is 25.5 Å². The van der Waals surface area contributed by atoms with Gasteiger partial charge in [-0.25, -0.2) is 4.79 Å². The van der Waals surface area contributed by atoms with Gasteiger partial charge in [-0.1, -0.05) is 17.7 Å². The van der Waals surface area contributed by atoms with Gasteiger partial charge in [-0.05, 0) is 43.3 Å². The molecular formula is C21H18ClNO5. The number of anilines is 1. The summed E-state index contributed by atoms with van der Waals surface area (Å²) in [4.78, 5) is 24.6. The number of amides is 1. The zero-order valence-corrected chi connectivity index (χ0v) is 16.1. The minimum atomic E-state index is -0.448. The van der Waals surface area contributed by atoms with Crippen LogP contribution in [0.25, 0.3) is 6.08 Å². The van der Waals surface area contributed by atoms with Gasteiger partial charge in [-0.3, -0.25) is 4.79 Å². The average molecular weight is 400 g/mol. The van der Waals surface area contributed by atoms with Crippen LogP contribution >= 0.6 is 11.6 Å². The first-order valence-corrected chi connectivity index (χ1v) is 8.90. The highest BCUT2D eigenvalue weighted by Crippen LogP contribution is 2.37. The third-order valence-corrected chi connectivity index (χ3v) is 4.12. The van der Waals surface area contributed by atoms with Crippen LogP contribution < -0.4 is 14.8 Å². The maximum atomic E-state index is 12.7. The SMILES string of the molecule is CCOC(=O)c1cccc(NC(=O)C2=Cc3cc(Cl)cc(OC)c3OC=C2)c1. The minimum absolute atomic E-state index is 0.276. The molecule has 0 aromatic heterocycles. The van der Waals surface area contributed by atoms with E-state index in [1.165, 1.54) is 19.4 Å². The van der Waals surface area contributed by atoms with Crippen LogP contribution in [0.3, 0.4) is 0 Å². The molecule has 0 aliphatic carbocycles. The fourth-order valence-corrected chi connectivity index (χ4v) is 2.86. The topological polar surface area (TPSA) is 73.9 Å². The molecule has 3 rings (SSSR count). The minimum Gasteiger partial charge on any atom is -0.493 e. The molecular weight excluding hydrogens is 382 g/mol. The summed E-state index contributed by atoms with van der Waals surface area (Å²) < 4.78 is 15.8. The first-order chi connectivity index (χ1) is 13.5. The van der Waals surface area contributed by atoms with Crippen molar-refractivity contribution in [2.45, 2.75) is 6.92 Å². The molecule has 1 N–H and O–H groups in total. The van der Waals surface area contributed by atoms with Crippen molar-refractivity contribution < 1.29 is 23.8 Å². The molecule has 0 fully saturated rings. The molecule has 144 valence electrons. The van der Waals surface area contributed by atoms with Gasteiger partial charge in [0.1, 0.15) is 0 Å². The molecule has 0 saturated heterocycles. The number of nitrogens with one attached hydrogen (secondary N) is 1. The molecule has 0 spiro atoms. The van der Waals surface area contributed by atoms with Crippen molar-refractivity contribution >= 4 is 35.2 Å². The van der Waals surface area contributed by atoms with Crippen molar-refractivity contribution in [3.8, 4) is 11.5 Å². The zero-order valence-electron chi connectivity index (χ0n) is 15.3. The standard InChI is InChI=1S/C21H18ClNO5/c1-3-27-21(25)14-5-4-6-17(11-14)23-20(24)13-7-8-28-19-15(9-13)10-16(22)12-18(19)26-2/h4-12H,3H2,1-2H3,(H,23,24). The van der Waals surface area contributed by atoms with Gasteiger partial charge in [0.2, 0.25) is 0 Å². The number of rotatable bonds is 5. The number of fused-ring (bicyclic) bond motifs is 1. The monoisotopic (exact) mass is 399 g/mol. The van der Waals surface area contributed by atoms with Gasteiger partial charge in [0, 0.05) is 27.9 Å². The highest BCUT2D eigenvalue weighted by atomic mass is 35.5. The quantitative estimate of drug-likeness (QED) is 0.752. The maximum Gasteiger partial charge on any atom is 0.338 e. The molecule has 28 heavy (non-hydrogen) atoms. The van der Waals surface area contributed by atoms with Crippen molar-refractivity contribution in [3.05, 3.63) is 70.5 Å². The molecule has 1 aliphatic heterocycles. The van der Waals surface area contributed by atoms with Crippen molar-refractivity contribution in [1.82, 2.24) is 0 Å². The van der Waals surface area contributed by atoms with E-state index >= 15 is 0 Å². The van der Waals surface area contributed by atoms with Crippen molar-refractivity contribution in [2.24, 2.45) is 0 Å². The Morgan fingerprint density at radius 2 is 2.04 bits per heavy atom. The summed E-state index contributed by atoms with van der Waals surface area (Å²) in [5, 5.41) is 3.22. The molecule has 6 nitrogen and oxygen atoms in total. The van der Waals surface area contributed by atoms with Crippen LogP contribution in [0, 0.1) is 0 Å². The number of hydrogen-bond acceptors (Lipinski definition) is 5. The Morgan fingerprint density at radius 1 is 1.21 bits per heavy atom. The van der Waals surface area contributed by atoms with Crippen LogP contribution in [-0.4, -0.2) is 25.6 Å². The molecule has 0 saturated carbocycles. The van der Waals surface area contributed by atoms with E-state index in [0.29, 0.717) is 38.9 Å². The van der Waals surface area contributed by atoms with E-state index in [2.05, 4.69) is 5.32 Å². The lowest BCUT2D eigenvalue weighted by Gasteiger charge is -2.10. The molecule has 0 radical (unpaired) electrons. The van der Waals surface area contributed by atoms with Crippen LogP contribution in [-0.2, 0) is 9.53 Å². The van der Waals surface area contributed by atoms with Gasteiger partial charge in [-0.15, -0.1) is 0 Å². The average Bonchev–Trinajstić information content (AvgIpc) is 2.90. The van der Waals surface area contributed by atoms with Crippen molar-refractivity contribution in [3.63, 3.8) is 0 Å². The maximum absolute atomic E-state index is 12.7. The number of benzene rings is 2. The zero-order chi connectivity index (χ0) is 20.1. The van der Waals surface area contributed by atoms with Gasteiger partial charge >= 0.3 is 5.97 Å². The first kappa shape index (κ1) is 19.5. The summed E-state index contributed by atoms with van der Waals surface area (Å²) in [5.41, 5.74) is 1.79. The molecule has 0 bridgehead atoms. The Labute approximate surface area is 167 Å². The summed E-state index contributed by atoms with van der Waals surface area (Å²) in [6, 6.07) is 9.85. The van der Waals surface area contributed by atoms with Crippen LogP contribution in [0.2, 0.25) is 5.02 Å². The van der Waals surface area contributed by atoms with E-state index in [9.17, 15) is 9.59 Å². The largest absolute Gasteiger partial charge is 0.493 e. The molecule has 1 amide bonds. The van der Waals surface area contributed by atoms with E-state index in [1.807, 2.05) is 0 Å². The number of hydrogen-bond donors (Lipinski definition) is 1. The Kier molecular flexibility index (Phi) is 6.01. The van der Waals surface area contributed by atoms with Crippen molar-refractivity contribution in [2.75, 3.05) is 19.0 Å². The lowest BCUT2D eigenvalue weighted by atomic mass is 10.1. The molecule has 0 unspecified atom stereocenters. The number of ether oxygens (including phenoxy) is 3. The third-order valence-electron chi connectivity index (χ3n) is 3.91. The fraction of sp³-hybridized carbons (Fsp3) is 0.143. The first-order valence-electron chi connectivity index (χ1n) is 8.52. The van der Waals surface area contributed by atoms with Crippen LogP contribution in [0.5, 0.6) is 11.5 Å². The second-order valence-corrected chi connectivity index (χ2v) is 6.24.